The quantitative estimate of drug-likeness (QED) is 0.487. The van der Waals surface area contributed by atoms with E-state index in [9.17, 15) is 4.79 Å². The smallest absolute Gasteiger partial charge is 0.231 e. The normalized spacial score (nSPS) is 13.7. The van der Waals surface area contributed by atoms with Gasteiger partial charge in [-0.25, -0.2) is 0 Å². The number of halogens is 1. The van der Waals surface area contributed by atoms with Crippen LogP contribution in [0.25, 0.3) is 6.08 Å². The molecule has 152 valence electrons. The number of carbonyl (C=O) groups is 1. The van der Waals surface area contributed by atoms with Gasteiger partial charge in [-0.3, -0.25) is 4.79 Å². The maximum atomic E-state index is 12.7. The summed E-state index contributed by atoms with van der Waals surface area (Å²) in [5.41, 5.74) is 2.21. The molecule has 1 aliphatic rings. The third-order valence-electron chi connectivity index (χ3n) is 4.64. The molecule has 4 rings (SSSR count). The second-order valence-electron chi connectivity index (χ2n) is 6.63. The van der Waals surface area contributed by atoms with Crippen LogP contribution in [0.1, 0.15) is 21.5 Å². The van der Waals surface area contributed by atoms with Gasteiger partial charge in [-0.05, 0) is 53.6 Å². The molecule has 0 aromatic heterocycles. The molecular weight excluding hydrogens is 404 g/mol. The molecule has 0 spiro atoms. The Morgan fingerprint density at radius 2 is 1.80 bits per heavy atom. The number of methoxy groups -OCH3 is 2. The number of ketones is 1. The van der Waals surface area contributed by atoms with Crippen molar-refractivity contribution >= 4 is 23.5 Å². The lowest BCUT2D eigenvalue weighted by Crippen LogP contribution is -1.98. The number of hydrogen-bond acceptors (Lipinski definition) is 5. The molecule has 0 radical (unpaired) electrons. The molecule has 0 amide bonds. The van der Waals surface area contributed by atoms with Crippen LogP contribution in [0.3, 0.4) is 0 Å². The first-order chi connectivity index (χ1) is 14.6. The van der Waals surface area contributed by atoms with Crippen LogP contribution < -0.4 is 18.9 Å². The van der Waals surface area contributed by atoms with Crippen LogP contribution in [-0.4, -0.2) is 20.0 Å². The Bertz CT molecular complexity index is 1140. The number of fused-ring (bicyclic) bond motifs is 1. The van der Waals surface area contributed by atoms with Crippen molar-refractivity contribution in [3.05, 3.63) is 88.1 Å². The maximum Gasteiger partial charge on any atom is 0.231 e. The predicted molar refractivity (Wildman–Crippen MR) is 115 cm³/mol. The van der Waals surface area contributed by atoms with Crippen molar-refractivity contribution in [3.8, 4) is 23.0 Å². The fraction of sp³-hybridized carbons (Fsp3) is 0.125. The van der Waals surface area contributed by atoms with Crippen LogP contribution in [-0.2, 0) is 6.61 Å². The van der Waals surface area contributed by atoms with E-state index >= 15 is 0 Å². The lowest BCUT2D eigenvalue weighted by molar-refractivity contribution is 0.101. The highest BCUT2D eigenvalue weighted by atomic mass is 35.5. The van der Waals surface area contributed by atoms with Gasteiger partial charge in [0, 0.05) is 11.1 Å². The largest absolute Gasteiger partial charge is 0.493 e. The van der Waals surface area contributed by atoms with Gasteiger partial charge in [-0.15, -0.1) is 0 Å². The highest BCUT2D eigenvalue weighted by Crippen LogP contribution is 2.36. The summed E-state index contributed by atoms with van der Waals surface area (Å²) in [6.07, 6.45) is 1.68. The maximum absolute atomic E-state index is 12.7. The molecule has 0 fully saturated rings. The zero-order valence-corrected chi connectivity index (χ0v) is 17.2. The van der Waals surface area contributed by atoms with Crippen LogP contribution in [0.4, 0.5) is 0 Å². The molecule has 1 heterocycles. The van der Waals surface area contributed by atoms with Crippen molar-refractivity contribution in [2.45, 2.75) is 6.61 Å². The minimum absolute atomic E-state index is 0.179. The van der Waals surface area contributed by atoms with Gasteiger partial charge in [0.1, 0.15) is 18.1 Å². The van der Waals surface area contributed by atoms with Gasteiger partial charge < -0.3 is 18.9 Å². The SMILES string of the molecule is COc1ccc(C=C2Oc3cc(OCc4cccc(Cl)c4)ccc3C2=O)cc1OC. The fourth-order valence-electron chi connectivity index (χ4n) is 3.14. The van der Waals surface area contributed by atoms with Gasteiger partial charge >= 0.3 is 0 Å². The number of carbonyl (C=O) groups excluding carboxylic acids is 1. The summed E-state index contributed by atoms with van der Waals surface area (Å²) in [4.78, 5) is 12.7. The lowest BCUT2D eigenvalue weighted by Gasteiger charge is -2.08. The summed E-state index contributed by atoms with van der Waals surface area (Å²) < 4.78 is 22.2. The molecule has 0 bridgehead atoms. The first kappa shape index (κ1) is 19.9. The van der Waals surface area contributed by atoms with E-state index in [4.69, 9.17) is 30.5 Å². The average molecular weight is 423 g/mol. The minimum Gasteiger partial charge on any atom is -0.493 e. The Morgan fingerprint density at radius 3 is 2.57 bits per heavy atom. The van der Waals surface area contributed by atoms with Crippen LogP contribution in [0.2, 0.25) is 5.02 Å². The fourth-order valence-corrected chi connectivity index (χ4v) is 3.36. The van der Waals surface area contributed by atoms with E-state index in [-0.39, 0.29) is 11.5 Å². The van der Waals surface area contributed by atoms with Crippen molar-refractivity contribution < 1.29 is 23.7 Å². The van der Waals surface area contributed by atoms with Gasteiger partial charge in [-0.2, -0.15) is 0 Å². The Hall–Kier alpha value is -3.44. The molecule has 1 aliphatic heterocycles. The highest BCUT2D eigenvalue weighted by Gasteiger charge is 2.27. The monoisotopic (exact) mass is 422 g/mol. The predicted octanol–water partition coefficient (Wildman–Crippen LogP) is 5.55. The molecule has 0 atom stereocenters. The molecule has 0 aliphatic carbocycles. The average Bonchev–Trinajstić information content (AvgIpc) is 3.06. The Kier molecular flexibility index (Phi) is 5.63. The molecule has 0 saturated carbocycles. The number of allylic oxidation sites excluding steroid dienone is 1. The molecule has 0 unspecified atom stereocenters. The van der Waals surface area contributed by atoms with E-state index in [0.29, 0.717) is 40.2 Å². The van der Waals surface area contributed by atoms with Gasteiger partial charge in [0.15, 0.2) is 17.3 Å². The first-order valence-electron chi connectivity index (χ1n) is 9.25. The van der Waals surface area contributed by atoms with E-state index in [1.807, 2.05) is 30.3 Å². The van der Waals surface area contributed by atoms with Crippen molar-refractivity contribution in [2.24, 2.45) is 0 Å². The molecular formula is C24H19ClO5. The molecule has 0 saturated heterocycles. The number of hydrogen-bond donors (Lipinski definition) is 0. The van der Waals surface area contributed by atoms with Gasteiger partial charge in [0.05, 0.1) is 19.8 Å². The van der Waals surface area contributed by atoms with Gasteiger partial charge in [-0.1, -0.05) is 29.8 Å². The van der Waals surface area contributed by atoms with Gasteiger partial charge in [0.2, 0.25) is 5.78 Å². The first-order valence-corrected chi connectivity index (χ1v) is 9.63. The van der Waals surface area contributed by atoms with E-state index in [0.717, 1.165) is 11.1 Å². The summed E-state index contributed by atoms with van der Waals surface area (Å²) in [7, 11) is 3.13. The summed E-state index contributed by atoms with van der Waals surface area (Å²) in [5.74, 6) is 2.32. The molecule has 3 aromatic rings. The van der Waals surface area contributed by atoms with E-state index in [1.165, 1.54) is 0 Å². The summed E-state index contributed by atoms with van der Waals surface area (Å²) >= 11 is 6.00. The van der Waals surface area contributed by atoms with Crippen molar-refractivity contribution in [1.82, 2.24) is 0 Å². The molecule has 6 heteroatoms. The third-order valence-corrected chi connectivity index (χ3v) is 4.88. The number of ether oxygens (including phenoxy) is 4. The van der Waals surface area contributed by atoms with E-state index in [2.05, 4.69) is 0 Å². The highest BCUT2D eigenvalue weighted by molar-refractivity contribution is 6.30. The second kappa shape index (κ2) is 8.51. The standard InChI is InChI=1S/C24H19ClO5/c1-27-20-9-6-15(11-22(20)28-2)12-23-24(26)19-8-7-18(13-21(19)30-23)29-14-16-4-3-5-17(25)10-16/h3-13H,14H2,1-2H3. The second-order valence-corrected chi connectivity index (χ2v) is 7.07. The molecule has 30 heavy (non-hydrogen) atoms. The molecule has 3 aromatic carbocycles. The van der Waals surface area contributed by atoms with Crippen molar-refractivity contribution in [1.29, 1.82) is 0 Å². The topological polar surface area (TPSA) is 54.0 Å². The Balaban J connectivity index is 1.52. The van der Waals surface area contributed by atoms with Crippen LogP contribution in [0.5, 0.6) is 23.0 Å². The molecule has 0 N–H and O–H groups in total. The van der Waals surface area contributed by atoms with Crippen molar-refractivity contribution in [2.75, 3.05) is 14.2 Å². The van der Waals surface area contributed by atoms with Crippen LogP contribution >= 0.6 is 11.6 Å². The number of rotatable bonds is 6. The Labute approximate surface area is 179 Å². The summed E-state index contributed by atoms with van der Waals surface area (Å²) in [5, 5.41) is 0.656. The lowest BCUT2D eigenvalue weighted by atomic mass is 10.1. The molecule has 5 nitrogen and oxygen atoms in total. The van der Waals surface area contributed by atoms with Crippen LogP contribution in [0.15, 0.2) is 66.4 Å². The van der Waals surface area contributed by atoms with E-state index in [1.54, 1.807) is 50.6 Å². The van der Waals surface area contributed by atoms with Crippen molar-refractivity contribution in [3.63, 3.8) is 0 Å². The van der Waals surface area contributed by atoms with Gasteiger partial charge in [0.25, 0.3) is 0 Å². The third kappa shape index (κ3) is 4.11. The summed E-state index contributed by atoms with van der Waals surface area (Å²) in [6.45, 7) is 0.363. The summed E-state index contributed by atoms with van der Waals surface area (Å²) in [6, 6.07) is 18.0. The number of benzene rings is 3. The Morgan fingerprint density at radius 1 is 0.967 bits per heavy atom. The zero-order chi connectivity index (χ0) is 21.1. The van der Waals surface area contributed by atoms with Crippen LogP contribution in [0, 0.1) is 0 Å². The zero-order valence-electron chi connectivity index (χ0n) is 16.5. The minimum atomic E-state index is -0.179. The number of Topliss-reactive ketones (excluding diaryl/α,β-unsaturated/α-hetero) is 1. The van der Waals surface area contributed by atoms with E-state index < -0.39 is 0 Å².